The van der Waals surface area contributed by atoms with Crippen LogP contribution in [0.3, 0.4) is 0 Å². The summed E-state index contributed by atoms with van der Waals surface area (Å²) in [5.74, 6) is 0.935. The summed E-state index contributed by atoms with van der Waals surface area (Å²) in [7, 11) is 0. The van der Waals surface area contributed by atoms with E-state index in [0.717, 1.165) is 19.3 Å². The van der Waals surface area contributed by atoms with E-state index >= 15 is 0 Å². The van der Waals surface area contributed by atoms with E-state index in [-0.39, 0.29) is 5.92 Å². The molecule has 1 heteroatoms. The number of hydrogen-bond donors (Lipinski definition) is 0. The largest absolute Gasteiger partial charge is 0.299 e. The topological polar surface area (TPSA) is 17.1 Å². The maximum Gasteiger partial charge on any atom is 0.143 e. The van der Waals surface area contributed by atoms with Crippen LogP contribution in [0.1, 0.15) is 24.8 Å². The molecule has 0 spiro atoms. The third-order valence-electron chi connectivity index (χ3n) is 3.74. The van der Waals surface area contributed by atoms with Gasteiger partial charge in [-0.05, 0) is 30.4 Å². The van der Waals surface area contributed by atoms with Crippen molar-refractivity contribution in [3.05, 3.63) is 65.8 Å². The molecule has 1 unspecified atom stereocenters. The first-order chi connectivity index (χ1) is 9.33. The Bertz CT molecular complexity index is 544. The van der Waals surface area contributed by atoms with Crippen molar-refractivity contribution in [2.75, 3.05) is 0 Å². The Balaban J connectivity index is 1.61. The lowest BCUT2D eigenvalue weighted by Gasteiger charge is -2.13. The zero-order chi connectivity index (χ0) is 13.1. The number of benzene rings is 1. The van der Waals surface area contributed by atoms with Gasteiger partial charge in [0, 0.05) is 11.8 Å². The molecule has 0 amide bonds. The van der Waals surface area contributed by atoms with Crippen LogP contribution in [0.4, 0.5) is 0 Å². The first kappa shape index (κ1) is 12.2. The van der Waals surface area contributed by atoms with Gasteiger partial charge in [0.05, 0.1) is 0 Å². The molecule has 1 aromatic rings. The van der Waals surface area contributed by atoms with Gasteiger partial charge in [0.1, 0.15) is 5.78 Å². The summed E-state index contributed by atoms with van der Waals surface area (Å²) >= 11 is 0. The molecule has 0 N–H and O–H groups in total. The number of rotatable bonds is 4. The molecule has 0 aromatic heterocycles. The van der Waals surface area contributed by atoms with E-state index in [1.165, 1.54) is 11.1 Å². The lowest BCUT2D eigenvalue weighted by molar-refractivity contribution is -0.122. The van der Waals surface area contributed by atoms with E-state index in [1.807, 2.05) is 18.2 Å². The molecule has 0 radical (unpaired) electrons. The van der Waals surface area contributed by atoms with E-state index in [9.17, 15) is 4.79 Å². The van der Waals surface area contributed by atoms with Crippen LogP contribution in [0.5, 0.6) is 0 Å². The Morgan fingerprint density at radius 1 is 1.11 bits per heavy atom. The molecule has 0 aliphatic heterocycles. The monoisotopic (exact) mass is 250 g/mol. The fourth-order valence-corrected chi connectivity index (χ4v) is 2.40. The molecule has 1 saturated carbocycles. The van der Waals surface area contributed by atoms with Crippen LogP contribution in [0.2, 0.25) is 0 Å². The molecular formula is C18H18O. The Labute approximate surface area is 114 Å². The molecule has 0 bridgehead atoms. The summed E-state index contributed by atoms with van der Waals surface area (Å²) in [4.78, 5) is 11.9. The lowest BCUT2D eigenvalue weighted by Crippen LogP contribution is -2.14. The highest BCUT2D eigenvalue weighted by Gasteiger charge is 2.33. The molecule has 19 heavy (non-hydrogen) atoms. The average molecular weight is 250 g/mol. The van der Waals surface area contributed by atoms with Crippen molar-refractivity contribution in [3.63, 3.8) is 0 Å². The van der Waals surface area contributed by atoms with E-state index < -0.39 is 0 Å². The molecule has 1 aromatic carbocycles. The first-order valence-electron chi connectivity index (χ1n) is 6.98. The van der Waals surface area contributed by atoms with Crippen LogP contribution in [-0.4, -0.2) is 5.78 Å². The van der Waals surface area contributed by atoms with Gasteiger partial charge in [-0.3, -0.25) is 4.79 Å². The van der Waals surface area contributed by atoms with E-state index in [1.54, 1.807) is 0 Å². The van der Waals surface area contributed by atoms with Crippen LogP contribution >= 0.6 is 0 Å². The number of carbonyl (C=O) groups excluding carboxylic acids is 1. The third kappa shape index (κ3) is 3.11. The minimum Gasteiger partial charge on any atom is -0.299 e. The van der Waals surface area contributed by atoms with Crippen LogP contribution in [-0.2, 0) is 4.79 Å². The van der Waals surface area contributed by atoms with Gasteiger partial charge in [-0.25, -0.2) is 0 Å². The Hall–Kier alpha value is -1.89. The fourth-order valence-electron chi connectivity index (χ4n) is 2.40. The second-order valence-corrected chi connectivity index (χ2v) is 5.33. The van der Waals surface area contributed by atoms with Crippen molar-refractivity contribution < 1.29 is 4.79 Å². The fraction of sp³-hybridized carbons (Fsp3) is 0.278. The van der Waals surface area contributed by atoms with Gasteiger partial charge >= 0.3 is 0 Å². The van der Waals surface area contributed by atoms with Gasteiger partial charge in [-0.2, -0.15) is 0 Å². The van der Waals surface area contributed by atoms with Crippen molar-refractivity contribution in [3.8, 4) is 0 Å². The summed E-state index contributed by atoms with van der Waals surface area (Å²) in [5, 5.41) is 0. The Morgan fingerprint density at radius 3 is 2.53 bits per heavy atom. The molecule has 1 atom stereocenters. The molecule has 0 heterocycles. The quantitative estimate of drug-likeness (QED) is 0.783. The molecule has 2 aliphatic rings. The number of ketones is 1. The predicted octanol–water partition coefficient (Wildman–Crippen LogP) is 4.18. The minimum atomic E-state index is 0.126. The number of allylic oxidation sites excluding steroid dienone is 5. The average Bonchev–Trinajstić information content (AvgIpc) is 3.31. The van der Waals surface area contributed by atoms with Crippen molar-refractivity contribution in [1.29, 1.82) is 0 Å². The SMILES string of the molecule is O=C(C1C=CC(C=Cc2ccccc2)=CC1)C1CC1. The summed E-state index contributed by atoms with van der Waals surface area (Å²) in [6.07, 6.45) is 13.6. The molecule has 3 rings (SSSR count). The summed E-state index contributed by atoms with van der Waals surface area (Å²) in [6, 6.07) is 10.3. The zero-order valence-electron chi connectivity index (χ0n) is 11.0. The summed E-state index contributed by atoms with van der Waals surface area (Å²) in [5.41, 5.74) is 2.40. The van der Waals surface area contributed by atoms with Crippen molar-refractivity contribution in [2.45, 2.75) is 19.3 Å². The van der Waals surface area contributed by atoms with Crippen LogP contribution in [0, 0.1) is 11.8 Å². The number of carbonyl (C=O) groups is 1. The van der Waals surface area contributed by atoms with Gasteiger partial charge in [-0.1, -0.05) is 60.7 Å². The van der Waals surface area contributed by atoms with Crippen LogP contribution in [0.15, 0.2) is 60.2 Å². The minimum absolute atomic E-state index is 0.126. The Kier molecular flexibility index (Phi) is 3.45. The second-order valence-electron chi connectivity index (χ2n) is 5.33. The third-order valence-corrected chi connectivity index (χ3v) is 3.74. The van der Waals surface area contributed by atoms with Gasteiger partial charge in [0.15, 0.2) is 0 Å². The number of Topliss-reactive ketones (excluding diaryl/α,β-unsaturated/α-hetero) is 1. The van der Waals surface area contributed by atoms with Gasteiger partial charge in [0.25, 0.3) is 0 Å². The first-order valence-corrected chi connectivity index (χ1v) is 6.98. The summed E-state index contributed by atoms with van der Waals surface area (Å²) < 4.78 is 0. The highest BCUT2D eigenvalue weighted by molar-refractivity contribution is 5.87. The molecule has 2 aliphatic carbocycles. The van der Waals surface area contributed by atoms with Crippen LogP contribution < -0.4 is 0 Å². The van der Waals surface area contributed by atoms with Gasteiger partial charge < -0.3 is 0 Å². The van der Waals surface area contributed by atoms with Crippen LogP contribution in [0.25, 0.3) is 6.08 Å². The van der Waals surface area contributed by atoms with Crippen molar-refractivity contribution in [1.82, 2.24) is 0 Å². The van der Waals surface area contributed by atoms with Gasteiger partial charge in [-0.15, -0.1) is 0 Å². The maximum atomic E-state index is 11.9. The standard InChI is InChI=1S/C18H18O/c19-18(17-12-13-17)16-10-8-15(9-11-16)7-6-14-4-2-1-3-5-14/h1-10,16-17H,11-13H2. The van der Waals surface area contributed by atoms with E-state index in [0.29, 0.717) is 11.7 Å². The van der Waals surface area contributed by atoms with Crippen molar-refractivity contribution >= 4 is 11.9 Å². The lowest BCUT2D eigenvalue weighted by atomic mass is 9.90. The number of hydrogen-bond acceptors (Lipinski definition) is 1. The molecule has 1 nitrogen and oxygen atoms in total. The second kappa shape index (κ2) is 5.40. The summed E-state index contributed by atoms with van der Waals surface area (Å²) in [6.45, 7) is 0. The normalized spacial score (nSPS) is 22.5. The predicted molar refractivity (Wildman–Crippen MR) is 78.5 cm³/mol. The highest BCUT2D eigenvalue weighted by atomic mass is 16.1. The van der Waals surface area contributed by atoms with Crippen molar-refractivity contribution in [2.24, 2.45) is 11.8 Å². The zero-order valence-corrected chi connectivity index (χ0v) is 11.0. The van der Waals surface area contributed by atoms with E-state index in [4.69, 9.17) is 0 Å². The maximum absolute atomic E-state index is 11.9. The van der Waals surface area contributed by atoms with Gasteiger partial charge in [0.2, 0.25) is 0 Å². The highest BCUT2D eigenvalue weighted by Crippen LogP contribution is 2.34. The smallest absolute Gasteiger partial charge is 0.143 e. The molecule has 1 fully saturated rings. The molecule has 0 saturated heterocycles. The molecule has 96 valence electrons. The van der Waals surface area contributed by atoms with E-state index in [2.05, 4.69) is 42.5 Å². The Morgan fingerprint density at radius 2 is 1.89 bits per heavy atom. The molecular weight excluding hydrogens is 232 g/mol.